The second-order valence-corrected chi connectivity index (χ2v) is 9.50. The number of nitrogens with one attached hydrogen (secondary N) is 1. The molecule has 2 atom stereocenters. The molecule has 35 heavy (non-hydrogen) atoms. The Hall–Kier alpha value is -3.74. The van der Waals surface area contributed by atoms with Crippen LogP contribution in [0.1, 0.15) is 61.0 Å². The molecule has 2 N–H and O–H groups in total. The zero-order valence-corrected chi connectivity index (χ0v) is 20.9. The van der Waals surface area contributed by atoms with Gasteiger partial charge in [-0.25, -0.2) is 0 Å². The maximum atomic E-state index is 13.5. The Labute approximate surface area is 205 Å². The molecule has 3 rings (SSSR count). The van der Waals surface area contributed by atoms with E-state index in [1.807, 2.05) is 58.9 Å². The number of rotatable bonds is 9. The van der Waals surface area contributed by atoms with Gasteiger partial charge < -0.3 is 15.0 Å². The molecule has 1 aromatic carbocycles. The minimum atomic E-state index is -1.03. The van der Waals surface area contributed by atoms with Crippen LogP contribution in [-0.4, -0.2) is 26.5 Å². The average Bonchev–Trinajstić information content (AvgIpc) is 2.77. The van der Waals surface area contributed by atoms with Crippen molar-refractivity contribution in [3.05, 3.63) is 87.5 Å². The number of hydrogen-bond acceptors (Lipinski definition) is 4. The number of aromatic nitrogens is 2. The van der Waals surface area contributed by atoms with Crippen LogP contribution in [0.5, 0.6) is 0 Å². The minimum Gasteiger partial charge on any atom is -0.481 e. The fourth-order valence-electron chi connectivity index (χ4n) is 4.35. The van der Waals surface area contributed by atoms with Gasteiger partial charge in [0.15, 0.2) is 0 Å². The molecule has 1 amide bonds. The van der Waals surface area contributed by atoms with Gasteiger partial charge >= 0.3 is 5.97 Å². The molecule has 0 aliphatic carbocycles. The van der Waals surface area contributed by atoms with Gasteiger partial charge in [-0.3, -0.25) is 19.4 Å². The van der Waals surface area contributed by atoms with Crippen LogP contribution in [0, 0.1) is 26.7 Å². The highest BCUT2D eigenvalue weighted by Crippen LogP contribution is 2.29. The number of benzene rings is 1. The number of carboxylic acids is 1. The number of carbonyl (C=O) groups excluding carboxylic acids is 1. The largest absolute Gasteiger partial charge is 0.481 e. The van der Waals surface area contributed by atoms with Crippen molar-refractivity contribution in [2.45, 2.75) is 59.5 Å². The van der Waals surface area contributed by atoms with Crippen LogP contribution < -0.4 is 10.9 Å². The molecule has 3 aromatic rings. The quantitative estimate of drug-likeness (QED) is 0.465. The molecule has 2 aromatic heterocycles. The normalized spacial score (nSPS) is 12.9. The van der Waals surface area contributed by atoms with E-state index in [9.17, 15) is 19.5 Å². The molecular weight excluding hydrogens is 442 g/mol. The Morgan fingerprint density at radius 3 is 2.34 bits per heavy atom. The maximum absolute atomic E-state index is 13.5. The van der Waals surface area contributed by atoms with E-state index in [1.165, 1.54) is 10.6 Å². The number of aliphatic carboxylic acids is 1. The third-order valence-corrected chi connectivity index (χ3v) is 6.06. The van der Waals surface area contributed by atoms with Gasteiger partial charge in [-0.1, -0.05) is 32.0 Å². The summed E-state index contributed by atoms with van der Waals surface area (Å²) >= 11 is 0. The highest BCUT2D eigenvalue weighted by Gasteiger charge is 2.27. The lowest BCUT2D eigenvalue weighted by Gasteiger charge is -2.25. The first kappa shape index (κ1) is 25.9. The molecule has 0 saturated carbocycles. The Balaban J connectivity index is 1.98. The topological polar surface area (TPSA) is 101 Å². The van der Waals surface area contributed by atoms with Gasteiger partial charge in [0, 0.05) is 24.0 Å². The number of amides is 1. The van der Waals surface area contributed by atoms with Gasteiger partial charge in [0.1, 0.15) is 6.04 Å². The van der Waals surface area contributed by atoms with E-state index < -0.39 is 18.1 Å². The van der Waals surface area contributed by atoms with E-state index >= 15 is 0 Å². The average molecular weight is 476 g/mol. The van der Waals surface area contributed by atoms with Crippen molar-refractivity contribution in [1.82, 2.24) is 14.9 Å². The zero-order chi connectivity index (χ0) is 25.7. The maximum Gasteiger partial charge on any atom is 0.305 e. The van der Waals surface area contributed by atoms with Crippen LogP contribution in [-0.2, 0) is 9.59 Å². The standard InChI is InChI=1S/C28H33N3O4/c1-17(2)13-24(31-12-10-18(3)14-25(31)32)28(35)30-22(16-26(33)34)21-9-11-29-23(15-21)27-19(4)7-6-8-20(27)5/h6-12,14-15,17,22,24H,13,16H2,1-5H3,(H,30,35)(H,33,34)/t22-,24?/m0/s1. The number of nitrogens with zero attached hydrogens (tertiary/aromatic N) is 2. The molecule has 184 valence electrons. The lowest BCUT2D eigenvalue weighted by Crippen LogP contribution is -2.40. The van der Waals surface area contributed by atoms with E-state index in [0.29, 0.717) is 12.0 Å². The van der Waals surface area contributed by atoms with Crippen molar-refractivity contribution in [3.8, 4) is 11.3 Å². The third kappa shape index (κ3) is 6.44. The van der Waals surface area contributed by atoms with E-state index in [-0.39, 0.29) is 23.8 Å². The van der Waals surface area contributed by atoms with Gasteiger partial charge in [0.2, 0.25) is 5.91 Å². The third-order valence-electron chi connectivity index (χ3n) is 6.06. The molecule has 7 nitrogen and oxygen atoms in total. The fourth-order valence-corrected chi connectivity index (χ4v) is 4.35. The van der Waals surface area contributed by atoms with Crippen molar-refractivity contribution in [2.75, 3.05) is 0 Å². The van der Waals surface area contributed by atoms with Gasteiger partial charge in [-0.2, -0.15) is 0 Å². The Morgan fingerprint density at radius 2 is 1.74 bits per heavy atom. The Kier molecular flexibility index (Phi) is 8.22. The predicted molar refractivity (Wildman–Crippen MR) is 136 cm³/mol. The van der Waals surface area contributed by atoms with Crippen LogP contribution in [0.4, 0.5) is 0 Å². The van der Waals surface area contributed by atoms with E-state index in [2.05, 4.69) is 10.3 Å². The van der Waals surface area contributed by atoms with E-state index in [4.69, 9.17) is 0 Å². The Morgan fingerprint density at radius 1 is 1.06 bits per heavy atom. The molecule has 0 radical (unpaired) electrons. The molecule has 0 aliphatic heterocycles. The fraction of sp³-hybridized carbons (Fsp3) is 0.357. The molecule has 2 heterocycles. The number of aryl methyl sites for hydroxylation is 3. The summed E-state index contributed by atoms with van der Waals surface area (Å²) in [4.78, 5) is 42.3. The Bertz CT molecular complexity index is 1260. The van der Waals surface area contributed by atoms with Crippen LogP contribution in [0.2, 0.25) is 0 Å². The first-order valence-electron chi connectivity index (χ1n) is 11.8. The SMILES string of the molecule is Cc1ccn(C(CC(C)C)C(=O)N[C@@H](CC(=O)O)c2ccnc(-c3c(C)cccc3C)c2)c(=O)c1. The summed E-state index contributed by atoms with van der Waals surface area (Å²) in [5.74, 6) is -1.27. The zero-order valence-electron chi connectivity index (χ0n) is 20.9. The van der Waals surface area contributed by atoms with Crippen LogP contribution in [0.15, 0.2) is 59.7 Å². The molecule has 0 fully saturated rings. The van der Waals surface area contributed by atoms with Crippen LogP contribution >= 0.6 is 0 Å². The van der Waals surface area contributed by atoms with Crippen molar-refractivity contribution < 1.29 is 14.7 Å². The molecular formula is C28H33N3O4. The van der Waals surface area contributed by atoms with Crippen LogP contribution in [0.3, 0.4) is 0 Å². The molecule has 7 heteroatoms. The van der Waals surface area contributed by atoms with Crippen molar-refractivity contribution in [1.29, 1.82) is 0 Å². The lowest BCUT2D eigenvalue weighted by molar-refractivity contribution is -0.138. The second kappa shape index (κ2) is 11.1. The van der Waals surface area contributed by atoms with Gasteiger partial charge in [0.05, 0.1) is 18.2 Å². The first-order chi connectivity index (χ1) is 16.6. The lowest BCUT2D eigenvalue weighted by atomic mass is 9.96. The summed E-state index contributed by atoms with van der Waals surface area (Å²) in [5.41, 5.74) is 5.02. The second-order valence-electron chi connectivity index (χ2n) is 9.50. The predicted octanol–water partition coefficient (Wildman–Crippen LogP) is 4.75. The number of carboxylic acid groups (broad SMARTS) is 1. The summed E-state index contributed by atoms with van der Waals surface area (Å²) in [5, 5.41) is 12.5. The summed E-state index contributed by atoms with van der Waals surface area (Å²) in [6, 6.07) is 11.3. The highest BCUT2D eigenvalue weighted by molar-refractivity contribution is 5.81. The molecule has 0 bridgehead atoms. The number of pyridine rings is 2. The first-order valence-corrected chi connectivity index (χ1v) is 11.8. The molecule has 0 spiro atoms. The monoisotopic (exact) mass is 475 g/mol. The molecule has 0 saturated heterocycles. The number of carbonyl (C=O) groups is 2. The molecule has 0 aliphatic rings. The molecule has 1 unspecified atom stereocenters. The van der Waals surface area contributed by atoms with Gasteiger partial charge in [-0.05, 0) is 73.6 Å². The summed E-state index contributed by atoms with van der Waals surface area (Å²) in [6.07, 6.45) is 3.41. The number of hydrogen-bond donors (Lipinski definition) is 2. The van der Waals surface area contributed by atoms with Crippen LogP contribution in [0.25, 0.3) is 11.3 Å². The van der Waals surface area contributed by atoms with Gasteiger partial charge in [-0.15, -0.1) is 0 Å². The van der Waals surface area contributed by atoms with Crippen molar-refractivity contribution in [3.63, 3.8) is 0 Å². The summed E-state index contributed by atoms with van der Waals surface area (Å²) < 4.78 is 1.43. The summed E-state index contributed by atoms with van der Waals surface area (Å²) in [6.45, 7) is 9.79. The van der Waals surface area contributed by atoms with E-state index in [0.717, 1.165) is 27.9 Å². The highest BCUT2D eigenvalue weighted by atomic mass is 16.4. The van der Waals surface area contributed by atoms with Gasteiger partial charge in [0.25, 0.3) is 5.56 Å². The minimum absolute atomic E-state index is 0.147. The van der Waals surface area contributed by atoms with Crippen molar-refractivity contribution in [2.24, 2.45) is 5.92 Å². The smallest absolute Gasteiger partial charge is 0.305 e. The van der Waals surface area contributed by atoms with Crippen molar-refractivity contribution >= 4 is 11.9 Å². The summed E-state index contributed by atoms with van der Waals surface area (Å²) in [7, 11) is 0. The van der Waals surface area contributed by atoms with E-state index in [1.54, 1.807) is 24.5 Å².